The highest BCUT2D eigenvalue weighted by molar-refractivity contribution is 8.13. The van der Waals surface area contributed by atoms with E-state index in [1.54, 1.807) is 0 Å². The van der Waals surface area contributed by atoms with Crippen molar-refractivity contribution in [2.24, 2.45) is 0 Å². The van der Waals surface area contributed by atoms with Crippen LogP contribution in [-0.2, 0) is 0 Å². The first-order valence-electron chi connectivity index (χ1n) is 3.22. The Bertz CT molecular complexity index is 233. The Morgan fingerprint density at radius 2 is 1.70 bits per heavy atom. The van der Waals surface area contributed by atoms with Gasteiger partial charge in [0, 0.05) is 4.90 Å². The molecule has 0 aromatic heterocycles. The highest BCUT2D eigenvalue weighted by Crippen LogP contribution is 2.19. The van der Waals surface area contributed by atoms with Crippen LogP contribution in [0.4, 0.5) is 0 Å². The fourth-order valence-electron chi connectivity index (χ4n) is 0.771. The monoisotopic (exact) mass is 152 g/mol. The molecule has 10 heavy (non-hydrogen) atoms. The SMILES string of the molecule is C=[S@@](C)c1ccc(C)cc1. The predicted molar refractivity (Wildman–Crippen MR) is 50.1 cm³/mol. The van der Waals surface area contributed by atoms with Gasteiger partial charge in [0.2, 0.25) is 0 Å². The Kier molecular flexibility index (Phi) is 2.28. The minimum absolute atomic E-state index is 0.163. The normalized spacial score (nSPS) is 13.0. The highest BCUT2D eigenvalue weighted by atomic mass is 32.2. The molecule has 0 aliphatic heterocycles. The first-order valence-corrected chi connectivity index (χ1v) is 5.02. The van der Waals surface area contributed by atoms with Gasteiger partial charge in [0.05, 0.1) is 0 Å². The molecule has 0 aliphatic carbocycles. The smallest absolute Gasteiger partial charge is 0.000871 e. The van der Waals surface area contributed by atoms with Gasteiger partial charge in [0.15, 0.2) is 0 Å². The van der Waals surface area contributed by atoms with Crippen LogP contribution in [0, 0.1) is 6.92 Å². The van der Waals surface area contributed by atoms with E-state index < -0.39 is 0 Å². The lowest BCUT2D eigenvalue weighted by Gasteiger charge is -1.99. The second kappa shape index (κ2) is 3.02. The van der Waals surface area contributed by atoms with Crippen molar-refractivity contribution in [1.82, 2.24) is 0 Å². The van der Waals surface area contributed by atoms with Gasteiger partial charge in [-0.05, 0) is 25.3 Å². The van der Waals surface area contributed by atoms with Gasteiger partial charge in [-0.15, -0.1) is 0 Å². The average Bonchev–Trinajstić information content (AvgIpc) is 1.88. The van der Waals surface area contributed by atoms with E-state index in [2.05, 4.69) is 43.3 Å². The Morgan fingerprint density at radius 3 is 2.10 bits per heavy atom. The summed E-state index contributed by atoms with van der Waals surface area (Å²) in [7, 11) is 0.163. The molecule has 0 unspecified atom stereocenters. The van der Waals surface area contributed by atoms with Gasteiger partial charge in [-0.3, -0.25) is 0 Å². The molecule has 0 amide bonds. The lowest BCUT2D eigenvalue weighted by molar-refractivity contribution is 1.38. The van der Waals surface area contributed by atoms with Crippen molar-refractivity contribution >= 4 is 16.4 Å². The maximum absolute atomic E-state index is 3.97. The minimum Gasteiger partial charge on any atom is -0.165 e. The molecular formula is C9H12S. The zero-order valence-electron chi connectivity index (χ0n) is 6.42. The van der Waals surface area contributed by atoms with Gasteiger partial charge in [-0.1, -0.05) is 23.6 Å². The third-order valence-corrected chi connectivity index (χ3v) is 2.50. The highest BCUT2D eigenvalue weighted by Gasteiger charge is 1.88. The van der Waals surface area contributed by atoms with Gasteiger partial charge in [0.25, 0.3) is 0 Å². The Balaban J connectivity index is 3.00. The topological polar surface area (TPSA) is 0 Å². The average molecular weight is 152 g/mol. The Labute approximate surface area is 64.8 Å². The number of aryl methyl sites for hydroxylation is 1. The molecular weight excluding hydrogens is 140 g/mol. The molecule has 1 aromatic rings. The van der Waals surface area contributed by atoms with Gasteiger partial charge >= 0.3 is 0 Å². The quantitative estimate of drug-likeness (QED) is 0.543. The van der Waals surface area contributed by atoms with Crippen LogP contribution in [0.5, 0.6) is 0 Å². The fourth-order valence-corrected chi connectivity index (χ4v) is 1.37. The summed E-state index contributed by atoms with van der Waals surface area (Å²) >= 11 is 0. The van der Waals surface area contributed by atoms with E-state index in [-0.39, 0.29) is 10.5 Å². The summed E-state index contributed by atoms with van der Waals surface area (Å²) in [5, 5.41) is 0. The van der Waals surface area contributed by atoms with Crippen molar-refractivity contribution in [1.29, 1.82) is 0 Å². The van der Waals surface area contributed by atoms with Crippen molar-refractivity contribution in [3.63, 3.8) is 0 Å². The van der Waals surface area contributed by atoms with Crippen LogP contribution in [0.25, 0.3) is 0 Å². The van der Waals surface area contributed by atoms with E-state index in [1.165, 1.54) is 10.5 Å². The lowest BCUT2D eigenvalue weighted by atomic mass is 10.2. The van der Waals surface area contributed by atoms with Crippen molar-refractivity contribution in [2.45, 2.75) is 11.8 Å². The van der Waals surface area contributed by atoms with Gasteiger partial charge < -0.3 is 0 Å². The maximum atomic E-state index is 3.97. The van der Waals surface area contributed by atoms with Crippen LogP contribution in [0.15, 0.2) is 29.2 Å². The van der Waals surface area contributed by atoms with Gasteiger partial charge in [-0.25, -0.2) is 0 Å². The molecule has 0 nitrogen and oxygen atoms in total. The second-order valence-corrected chi connectivity index (χ2v) is 4.20. The molecule has 0 bridgehead atoms. The molecule has 0 saturated carbocycles. The van der Waals surface area contributed by atoms with E-state index in [9.17, 15) is 0 Å². The molecule has 54 valence electrons. The number of benzene rings is 1. The maximum Gasteiger partial charge on any atom is 0.000871 e. The number of hydrogen-bond donors (Lipinski definition) is 0. The first kappa shape index (κ1) is 7.55. The van der Waals surface area contributed by atoms with Gasteiger partial charge in [-0.2, -0.15) is 10.5 Å². The Hall–Kier alpha value is -0.560. The minimum atomic E-state index is 0.163. The summed E-state index contributed by atoms with van der Waals surface area (Å²) in [6, 6.07) is 8.55. The number of hydrogen-bond acceptors (Lipinski definition) is 0. The van der Waals surface area contributed by atoms with E-state index in [0.29, 0.717) is 0 Å². The van der Waals surface area contributed by atoms with E-state index in [1.807, 2.05) is 0 Å². The molecule has 1 rings (SSSR count). The molecule has 0 fully saturated rings. The van der Waals surface area contributed by atoms with Crippen LogP contribution >= 0.6 is 10.5 Å². The molecule has 0 heterocycles. The van der Waals surface area contributed by atoms with Crippen LogP contribution in [0.3, 0.4) is 0 Å². The number of rotatable bonds is 1. The molecule has 0 N–H and O–H groups in total. The van der Waals surface area contributed by atoms with Crippen LogP contribution in [0.1, 0.15) is 5.56 Å². The molecule has 0 radical (unpaired) electrons. The first-order chi connectivity index (χ1) is 4.70. The van der Waals surface area contributed by atoms with E-state index in [0.717, 1.165) is 0 Å². The fraction of sp³-hybridized carbons (Fsp3) is 0.222. The van der Waals surface area contributed by atoms with Gasteiger partial charge in [0.1, 0.15) is 0 Å². The summed E-state index contributed by atoms with van der Waals surface area (Å²) in [6.45, 7) is 2.10. The third-order valence-electron chi connectivity index (χ3n) is 1.42. The van der Waals surface area contributed by atoms with Crippen LogP contribution in [0.2, 0.25) is 0 Å². The van der Waals surface area contributed by atoms with Crippen molar-refractivity contribution in [2.75, 3.05) is 6.26 Å². The van der Waals surface area contributed by atoms with Crippen molar-refractivity contribution in [3.8, 4) is 0 Å². The van der Waals surface area contributed by atoms with Crippen molar-refractivity contribution in [3.05, 3.63) is 29.8 Å². The molecule has 0 aliphatic rings. The van der Waals surface area contributed by atoms with E-state index >= 15 is 0 Å². The Morgan fingerprint density at radius 1 is 1.20 bits per heavy atom. The van der Waals surface area contributed by atoms with Crippen LogP contribution in [-0.4, -0.2) is 12.1 Å². The molecule has 1 atom stereocenters. The van der Waals surface area contributed by atoms with Crippen molar-refractivity contribution < 1.29 is 0 Å². The summed E-state index contributed by atoms with van der Waals surface area (Å²) in [5.74, 6) is 3.97. The van der Waals surface area contributed by atoms with Crippen LogP contribution < -0.4 is 0 Å². The lowest BCUT2D eigenvalue weighted by Crippen LogP contribution is -1.73. The van der Waals surface area contributed by atoms with E-state index in [4.69, 9.17) is 0 Å². The molecule has 1 heteroatoms. The second-order valence-electron chi connectivity index (χ2n) is 2.45. The largest absolute Gasteiger partial charge is 0.165 e. The zero-order valence-corrected chi connectivity index (χ0v) is 7.24. The summed E-state index contributed by atoms with van der Waals surface area (Å²) in [5.41, 5.74) is 1.31. The summed E-state index contributed by atoms with van der Waals surface area (Å²) in [4.78, 5) is 1.34. The molecule has 1 aromatic carbocycles. The third kappa shape index (κ3) is 1.71. The molecule has 0 spiro atoms. The standard InChI is InChI=1S/C9H12S/c1-8-4-6-9(7-5-8)10(2)3/h4-7H,2H2,1,3H3/t10-/m0/s1. The molecule has 0 saturated heterocycles. The zero-order chi connectivity index (χ0) is 7.56. The summed E-state index contributed by atoms with van der Waals surface area (Å²) in [6.07, 6.45) is 2.13. The predicted octanol–water partition coefficient (Wildman–Crippen LogP) is 2.68. The summed E-state index contributed by atoms with van der Waals surface area (Å²) < 4.78 is 0.